The molecule has 2 aromatic rings. The van der Waals surface area contributed by atoms with Crippen molar-refractivity contribution in [3.05, 3.63) is 53.3 Å². The molecule has 1 aromatic heterocycles. The number of benzene rings is 1. The van der Waals surface area contributed by atoms with E-state index in [1.807, 2.05) is 24.3 Å². The average molecular weight is 218 g/mol. The molecule has 3 nitrogen and oxygen atoms in total. The molecule has 0 fully saturated rings. The first-order valence-corrected chi connectivity index (χ1v) is 4.80. The Morgan fingerprint density at radius 1 is 1.07 bits per heavy atom. The van der Waals surface area contributed by atoms with E-state index in [-0.39, 0.29) is 0 Å². The Labute approximate surface area is 92.5 Å². The lowest BCUT2D eigenvalue weighted by molar-refractivity contribution is 1.14. The maximum atomic E-state index is 5.96. The van der Waals surface area contributed by atoms with Crippen molar-refractivity contribution in [2.24, 2.45) is 4.99 Å². The van der Waals surface area contributed by atoms with Crippen LogP contribution in [0.1, 0.15) is 5.56 Å². The number of aliphatic imine (C=N–C) groups is 1. The minimum Gasteiger partial charge on any atom is -0.220 e. The highest BCUT2D eigenvalue weighted by Crippen LogP contribution is 2.13. The number of hydrogen-bond acceptors (Lipinski definition) is 3. The largest absolute Gasteiger partial charge is 0.249 e. The van der Waals surface area contributed by atoms with Gasteiger partial charge in [-0.3, -0.25) is 0 Å². The molecule has 0 saturated heterocycles. The molecule has 1 aromatic carbocycles. The van der Waals surface area contributed by atoms with Gasteiger partial charge in [-0.1, -0.05) is 29.8 Å². The monoisotopic (exact) mass is 217 g/mol. The third-order valence-corrected chi connectivity index (χ3v) is 2.12. The molecule has 0 spiro atoms. The molecule has 0 unspecified atom stereocenters. The third-order valence-electron chi connectivity index (χ3n) is 1.78. The van der Waals surface area contributed by atoms with Gasteiger partial charge in [0.2, 0.25) is 5.95 Å². The predicted octanol–water partition coefficient (Wildman–Crippen LogP) is 2.88. The van der Waals surface area contributed by atoms with E-state index < -0.39 is 0 Å². The number of hydrogen-bond donors (Lipinski definition) is 0. The average Bonchev–Trinajstić information content (AvgIpc) is 2.29. The summed E-state index contributed by atoms with van der Waals surface area (Å²) in [6.45, 7) is 0. The van der Waals surface area contributed by atoms with Crippen molar-refractivity contribution in [3.8, 4) is 0 Å². The summed E-state index contributed by atoms with van der Waals surface area (Å²) in [6, 6.07) is 9.22. The van der Waals surface area contributed by atoms with E-state index in [1.165, 1.54) is 0 Å². The Morgan fingerprint density at radius 3 is 2.53 bits per heavy atom. The molecule has 0 aliphatic heterocycles. The van der Waals surface area contributed by atoms with Gasteiger partial charge in [-0.15, -0.1) is 0 Å². The minimum atomic E-state index is 0.428. The van der Waals surface area contributed by atoms with Crippen LogP contribution in [0.5, 0.6) is 0 Å². The maximum absolute atomic E-state index is 5.96. The van der Waals surface area contributed by atoms with Gasteiger partial charge < -0.3 is 0 Å². The second-order valence-electron chi connectivity index (χ2n) is 2.83. The van der Waals surface area contributed by atoms with Gasteiger partial charge in [0.1, 0.15) is 0 Å². The molecule has 2 rings (SSSR count). The molecule has 0 atom stereocenters. The van der Waals surface area contributed by atoms with Crippen molar-refractivity contribution in [1.29, 1.82) is 0 Å². The van der Waals surface area contributed by atoms with Gasteiger partial charge in [0, 0.05) is 29.2 Å². The second-order valence-corrected chi connectivity index (χ2v) is 3.24. The summed E-state index contributed by atoms with van der Waals surface area (Å²) in [7, 11) is 0. The van der Waals surface area contributed by atoms with Crippen LogP contribution < -0.4 is 0 Å². The zero-order chi connectivity index (χ0) is 10.5. The van der Waals surface area contributed by atoms with E-state index in [4.69, 9.17) is 11.6 Å². The molecule has 0 radical (unpaired) electrons. The lowest BCUT2D eigenvalue weighted by atomic mass is 10.2. The van der Waals surface area contributed by atoms with Gasteiger partial charge >= 0.3 is 0 Å². The third kappa shape index (κ3) is 2.60. The number of halogens is 1. The SMILES string of the molecule is Clc1ccccc1/C=N/c1ncccn1. The van der Waals surface area contributed by atoms with Gasteiger partial charge in [-0.2, -0.15) is 0 Å². The van der Waals surface area contributed by atoms with Crippen LogP contribution in [-0.2, 0) is 0 Å². The zero-order valence-electron chi connectivity index (χ0n) is 7.84. The topological polar surface area (TPSA) is 38.1 Å². The Balaban J connectivity index is 2.23. The number of rotatable bonds is 2. The Morgan fingerprint density at radius 2 is 1.80 bits per heavy atom. The predicted molar refractivity (Wildman–Crippen MR) is 60.7 cm³/mol. The summed E-state index contributed by atoms with van der Waals surface area (Å²) in [5.41, 5.74) is 0.853. The molecule has 1 heterocycles. The van der Waals surface area contributed by atoms with Crippen molar-refractivity contribution in [3.63, 3.8) is 0 Å². The molecule has 0 N–H and O–H groups in total. The smallest absolute Gasteiger partial charge is 0.220 e. The molecule has 0 aliphatic carbocycles. The highest BCUT2D eigenvalue weighted by molar-refractivity contribution is 6.33. The first kappa shape index (κ1) is 9.80. The van der Waals surface area contributed by atoms with E-state index in [2.05, 4.69) is 15.0 Å². The van der Waals surface area contributed by atoms with Gasteiger partial charge in [-0.25, -0.2) is 15.0 Å². The zero-order valence-corrected chi connectivity index (χ0v) is 8.59. The molecule has 0 bridgehead atoms. The van der Waals surface area contributed by atoms with Crippen LogP contribution in [0, 0.1) is 0 Å². The van der Waals surface area contributed by atoms with Crippen LogP contribution in [0.15, 0.2) is 47.7 Å². The van der Waals surface area contributed by atoms with E-state index in [0.717, 1.165) is 5.56 Å². The summed E-state index contributed by atoms with van der Waals surface area (Å²) in [6.07, 6.45) is 4.94. The summed E-state index contributed by atoms with van der Waals surface area (Å²) in [5.74, 6) is 0.428. The van der Waals surface area contributed by atoms with Crippen LogP contribution in [0.25, 0.3) is 0 Å². The fourth-order valence-electron chi connectivity index (χ4n) is 1.06. The molecular formula is C11H8ClN3. The molecule has 0 amide bonds. The maximum Gasteiger partial charge on any atom is 0.249 e. The van der Waals surface area contributed by atoms with Crippen LogP contribution in [0.3, 0.4) is 0 Å². The van der Waals surface area contributed by atoms with Crippen LogP contribution >= 0.6 is 11.6 Å². The first-order chi connectivity index (χ1) is 7.36. The molecule has 0 saturated carbocycles. The van der Waals surface area contributed by atoms with E-state index >= 15 is 0 Å². The minimum absolute atomic E-state index is 0.428. The lowest BCUT2D eigenvalue weighted by Gasteiger charge is -1.95. The number of aromatic nitrogens is 2. The van der Waals surface area contributed by atoms with Crippen LogP contribution in [-0.4, -0.2) is 16.2 Å². The summed E-state index contributed by atoms with van der Waals surface area (Å²) in [4.78, 5) is 12.0. The Kier molecular flexibility index (Phi) is 3.05. The van der Waals surface area contributed by atoms with Gasteiger partial charge in [0.15, 0.2) is 0 Å². The summed E-state index contributed by atoms with van der Waals surface area (Å²) >= 11 is 5.96. The summed E-state index contributed by atoms with van der Waals surface area (Å²) < 4.78 is 0. The van der Waals surface area contributed by atoms with Crippen molar-refractivity contribution in [2.75, 3.05) is 0 Å². The standard InChI is InChI=1S/C11H8ClN3/c12-10-5-2-1-4-9(10)8-15-11-13-6-3-7-14-11/h1-8H/b15-8+. The van der Waals surface area contributed by atoms with Crippen LogP contribution in [0.2, 0.25) is 5.02 Å². The highest BCUT2D eigenvalue weighted by Gasteiger charge is 1.94. The first-order valence-electron chi connectivity index (χ1n) is 4.42. The normalized spacial score (nSPS) is 10.7. The van der Waals surface area contributed by atoms with Crippen molar-refractivity contribution in [1.82, 2.24) is 9.97 Å². The molecular weight excluding hydrogens is 210 g/mol. The van der Waals surface area contributed by atoms with E-state index in [9.17, 15) is 0 Å². The molecule has 15 heavy (non-hydrogen) atoms. The van der Waals surface area contributed by atoms with E-state index in [0.29, 0.717) is 11.0 Å². The molecule has 74 valence electrons. The van der Waals surface area contributed by atoms with E-state index in [1.54, 1.807) is 24.7 Å². The van der Waals surface area contributed by atoms with Crippen molar-refractivity contribution < 1.29 is 0 Å². The molecule has 0 aliphatic rings. The lowest BCUT2D eigenvalue weighted by Crippen LogP contribution is -1.83. The van der Waals surface area contributed by atoms with Crippen molar-refractivity contribution >= 4 is 23.8 Å². The van der Waals surface area contributed by atoms with Crippen molar-refractivity contribution in [2.45, 2.75) is 0 Å². The fourth-order valence-corrected chi connectivity index (χ4v) is 1.25. The Hall–Kier alpha value is -1.74. The highest BCUT2D eigenvalue weighted by atomic mass is 35.5. The second kappa shape index (κ2) is 4.66. The van der Waals surface area contributed by atoms with Gasteiger partial charge in [0.25, 0.3) is 0 Å². The molecule has 4 heteroatoms. The Bertz CT molecular complexity index is 468. The number of nitrogens with zero attached hydrogens (tertiary/aromatic N) is 3. The van der Waals surface area contributed by atoms with Gasteiger partial charge in [0.05, 0.1) is 0 Å². The summed E-state index contributed by atoms with van der Waals surface area (Å²) in [5, 5.41) is 0.664. The fraction of sp³-hybridized carbons (Fsp3) is 0. The van der Waals surface area contributed by atoms with Gasteiger partial charge in [-0.05, 0) is 12.1 Å². The quantitative estimate of drug-likeness (QED) is 0.726. The van der Waals surface area contributed by atoms with Crippen LogP contribution in [0.4, 0.5) is 5.95 Å².